The molecule has 0 heterocycles. The van der Waals surface area contributed by atoms with E-state index < -0.39 is 0 Å². The SMILES string of the molecule is [C-]#[N+]C(C#N)=C1c2ccccc2C(=O)c2ccccc21. The molecule has 0 fully saturated rings. The van der Waals surface area contributed by atoms with Crippen LogP contribution >= 0.6 is 0 Å². The van der Waals surface area contributed by atoms with Gasteiger partial charge in [-0.25, -0.2) is 10.1 Å². The van der Waals surface area contributed by atoms with Gasteiger partial charge in [-0.15, -0.1) is 0 Å². The Morgan fingerprint density at radius 3 is 1.80 bits per heavy atom. The first-order valence-corrected chi connectivity index (χ1v) is 6.03. The smallest absolute Gasteiger partial charge is 0.270 e. The molecular formula is C17H8N2O. The Kier molecular flexibility index (Phi) is 2.67. The lowest BCUT2D eigenvalue weighted by molar-refractivity contribution is 0.103. The van der Waals surface area contributed by atoms with Crippen LogP contribution in [0.25, 0.3) is 10.4 Å². The van der Waals surface area contributed by atoms with E-state index in [4.69, 9.17) is 6.57 Å². The van der Waals surface area contributed by atoms with Crippen molar-refractivity contribution in [1.82, 2.24) is 0 Å². The minimum Gasteiger partial charge on any atom is -0.289 e. The average Bonchev–Trinajstić information content (AvgIpc) is 2.51. The quantitative estimate of drug-likeness (QED) is 0.457. The molecule has 0 aromatic heterocycles. The van der Waals surface area contributed by atoms with Gasteiger partial charge in [-0.2, -0.15) is 0 Å². The third kappa shape index (κ3) is 1.55. The molecule has 0 atom stereocenters. The van der Waals surface area contributed by atoms with Crippen molar-refractivity contribution in [3.05, 3.63) is 87.9 Å². The molecule has 0 saturated carbocycles. The number of nitriles is 1. The highest BCUT2D eigenvalue weighted by Gasteiger charge is 2.28. The molecule has 0 N–H and O–H groups in total. The average molecular weight is 256 g/mol. The second-order valence-corrected chi connectivity index (χ2v) is 4.37. The molecule has 2 aromatic carbocycles. The van der Waals surface area contributed by atoms with E-state index in [0.717, 1.165) is 0 Å². The minimum atomic E-state index is -0.0674. The molecule has 2 aromatic rings. The number of benzene rings is 2. The Balaban J connectivity index is 2.48. The fourth-order valence-corrected chi connectivity index (χ4v) is 2.48. The highest BCUT2D eigenvalue weighted by Crippen LogP contribution is 2.37. The van der Waals surface area contributed by atoms with Gasteiger partial charge in [0.25, 0.3) is 5.70 Å². The summed E-state index contributed by atoms with van der Waals surface area (Å²) in [5.41, 5.74) is 2.95. The van der Waals surface area contributed by atoms with Crippen LogP contribution in [0.4, 0.5) is 0 Å². The Hall–Kier alpha value is -3.17. The van der Waals surface area contributed by atoms with Crippen LogP contribution in [0.5, 0.6) is 0 Å². The molecule has 0 amide bonds. The molecule has 0 bridgehead atoms. The summed E-state index contributed by atoms with van der Waals surface area (Å²) in [5.74, 6) is -0.0674. The van der Waals surface area contributed by atoms with Crippen LogP contribution < -0.4 is 0 Å². The molecule has 1 aliphatic carbocycles. The number of carbonyl (C=O) groups is 1. The maximum absolute atomic E-state index is 12.5. The number of rotatable bonds is 0. The van der Waals surface area contributed by atoms with Crippen LogP contribution in [0.15, 0.2) is 54.2 Å². The standard InChI is InChI=1S/C17H8N2O/c1-19-15(10-18)16-11-6-2-4-8-13(11)17(20)14-9-5-3-7-12(14)16/h2-9H. The molecular weight excluding hydrogens is 248 g/mol. The van der Waals surface area contributed by atoms with Gasteiger partial charge >= 0.3 is 0 Å². The second-order valence-electron chi connectivity index (χ2n) is 4.37. The van der Waals surface area contributed by atoms with E-state index in [1.807, 2.05) is 6.07 Å². The summed E-state index contributed by atoms with van der Waals surface area (Å²) in [6.07, 6.45) is 0. The fraction of sp³-hybridized carbons (Fsp3) is 0. The first-order valence-electron chi connectivity index (χ1n) is 6.03. The molecule has 3 rings (SSSR count). The first-order chi connectivity index (χ1) is 9.77. The summed E-state index contributed by atoms with van der Waals surface area (Å²) in [7, 11) is 0. The number of fused-ring (bicyclic) bond motifs is 2. The predicted molar refractivity (Wildman–Crippen MR) is 74.6 cm³/mol. The van der Waals surface area contributed by atoms with Crippen molar-refractivity contribution in [3.63, 3.8) is 0 Å². The van der Waals surface area contributed by atoms with Gasteiger partial charge in [-0.1, -0.05) is 48.5 Å². The van der Waals surface area contributed by atoms with Crippen LogP contribution in [0.2, 0.25) is 0 Å². The minimum absolute atomic E-state index is 0.0115. The van der Waals surface area contributed by atoms with Gasteiger partial charge in [0.05, 0.1) is 12.6 Å². The van der Waals surface area contributed by atoms with Crippen LogP contribution in [-0.4, -0.2) is 5.78 Å². The predicted octanol–water partition coefficient (Wildman–Crippen LogP) is 3.43. The topological polar surface area (TPSA) is 45.2 Å². The third-order valence-corrected chi connectivity index (χ3v) is 3.34. The van der Waals surface area contributed by atoms with Crippen molar-refractivity contribution >= 4 is 11.4 Å². The fourth-order valence-electron chi connectivity index (χ4n) is 2.48. The summed E-state index contributed by atoms with van der Waals surface area (Å²) in [6.45, 7) is 7.19. The number of carbonyl (C=O) groups excluding carboxylic acids is 1. The van der Waals surface area contributed by atoms with Crippen molar-refractivity contribution < 1.29 is 4.79 Å². The van der Waals surface area contributed by atoms with E-state index in [0.29, 0.717) is 27.8 Å². The van der Waals surface area contributed by atoms with Crippen LogP contribution in [0.3, 0.4) is 0 Å². The third-order valence-electron chi connectivity index (χ3n) is 3.34. The number of allylic oxidation sites excluding steroid dienone is 1. The molecule has 1 aliphatic rings. The molecule has 0 aliphatic heterocycles. The molecule has 0 radical (unpaired) electrons. The van der Waals surface area contributed by atoms with Gasteiger partial charge in [-0.05, 0) is 11.1 Å². The van der Waals surface area contributed by atoms with E-state index in [-0.39, 0.29) is 11.5 Å². The second kappa shape index (κ2) is 4.50. The zero-order chi connectivity index (χ0) is 14.1. The van der Waals surface area contributed by atoms with Crippen LogP contribution in [-0.2, 0) is 0 Å². The van der Waals surface area contributed by atoms with E-state index >= 15 is 0 Å². The van der Waals surface area contributed by atoms with Crippen molar-refractivity contribution in [2.75, 3.05) is 0 Å². The van der Waals surface area contributed by atoms with E-state index in [2.05, 4.69) is 4.85 Å². The van der Waals surface area contributed by atoms with E-state index in [1.165, 1.54) is 0 Å². The maximum Gasteiger partial charge on any atom is 0.270 e. The molecule has 0 saturated heterocycles. The van der Waals surface area contributed by atoms with Crippen LogP contribution in [0, 0.1) is 17.9 Å². The van der Waals surface area contributed by atoms with Crippen molar-refractivity contribution in [2.45, 2.75) is 0 Å². The normalized spacial score (nSPS) is 11.9. The molecule has 0 unspecified atom stereocenters. The van der Waals surface area contributed by atoms with Gasteiger partial charge < -0.3 is 0 Å². The molecule has 3 heteroatoms. The van der Waals surface area contributed by atoms with Crippen molar-refractivity contribution in [3.8, 4) is 6.07 Å². The number of ketones is 1. The zero-order valence-electron chi connectivity index (χ0n) is 10.4. The Morgan fingerprint density at radius 2 is 1.40 bits per heavy atom. The summed E-state index contributed by atoms with van der Waals surface area (Å²) in [4.78, 5) is 15.8. The number of hydrogen-bond acceptors (Lipinski definition) is 2. The monoisotopic (exact) mass is 256 g/mol. The molecule has 3 nitrogen and oxygen atoms in total. The van der Waals surface area contributed by atoms with Gasteiger partial charge in [-0.3, -0.25) is 4.79 Å². The molecule has 92 valence electrons. The first kappa shape index (κ1) is 11.9. The van der Waals surface area contributed by atoms with Crippen molar-refractivity contribution in [2.24, 2.45) is 0 Å². The van der Waals surface area contributed by atoms with E-state index in [1.54, 1.807) is 48.5 Å². The van der Waals surface area contributed by atoms with Crippen LogP contribution in [0.1, 0.15) is 27.0 Å². The van der Waals surface area contributed by atoms with Gasteiger partial charge in [0.15, 0.2) is 5.78 Å². The highest BCUT2D eigenvalue weighted by molar-refractivity contribution is 6.19. The summed E-state index contributed by atoms with van der Waals surface area (Å²) >= 11 is 0. The number of hydrogen-bond donors (Lipinski definition) is 0. The number of nitrogens with zero attached hydrogens (tertiary/aromatic N) is 2. The summed E-state index contributed by atoms with van der Waals surface area (Å²) < 4.78 is 0. The maximum atomic E-state index is 12.5. The Labute approximate surface area is 116 Å². The Bertz CT molecular complexity index is 780. The Morgan fingerprint density at radius 1 is 0.950 bits per heavy atom. The lowest BCUT2D eigenvalue weighted by Gasteiger charge is -2.21. The highest BCUT2D eigenvalue weighted by atomic mass is 16.1. The van der Waals surface area contributed by atoms with Gasteiger partial charge in [0.2, 0.25) is 0 Å². The molecule has 0 spiro atoms. The molecule has 20 heavy (non-hydrogen) atoms. The van der Waals surface area contributed by atoms with Crippen molar-refractivity contribution in [1.29, 1.82) is 5.26 Å². The lowest BCUT2D eigenvalue weighted by atomic mass is 9.80. The van der Waals surface area contributed by atoms with Gasteiger partial charge in [0.1, 0.15) is 0 Å². The van der Waals surface area contributed by atoms with E-state index in [9.17, 15) is 10.1 Å². The zero-order valence-corrected chi connectivity index (χ0v) is 10.4. The lowest BCUT2D eigenvalue weighted by Crippen LogP contribution is -2.14. The largest absolute Gasteiger partial charge is 0.289 e. The van der Waals surface area contributed by atoms with Gasteiger partial charge in [0, 0.05) is 16.7 Å². The summed E-state index contributed by atoms with van der Waals surface area (Å²) in [6, 6.07) is 16.1. The summed E-state index contributed by atoms with van der Waals surface area (Å²) in [5, 5.41) is 9.19.